The number of phenols is 1. The van der Waals surface area contributed by atoms with Crippen molar-refractivity contribution in [3.63, 3.8) is 0 Å². The molecule has 0 spiro atoms. The fourth-order valence-corrected chi connectivity index (χ4v) is 4.50. The number of carbonyl (C=O) groups is 4. The van der Waals surface area contributed by atoms with Crippen molar-refractivity contribution in [2.45, 2.75) is 12.8 Å². The van der Waals surface area contributed by atoms with Crippen molar-refractivity contribution in [2.24, 2.45) is 10.2 Å². The summed E-state index contributed by atoms with van der Waals surface area (Å²) in [5, 5.41) is 18.9. The molecule has 0 saturated carbocycles. The molecule has 36 heavy (non-hydrogen) atoms. The van der Waals surface area contributed by atoms with Crippen LogP contribution in [-0.4, -0.2) is 48.6 Å². The predicted molar refractivity (Wildman–Crippen MR) is 130 cm³/mol. The van der Waals surface area contributed by atoms with Gasteiger partial charge in [-0.1, -0.05) is 36.4 Å². The molecule has 0 aromatic heterocycles. The number of nitrogens with zero attached hydrogens (tertiary/aromatic N) is 3. The van der Waals surface area contributed by atoms with Crippen LogP contribution in [0.5, 0.6) is 5.75 Å². The van der Waals surface area contributed by atoms with Crippen LogP contribution < -0.4 is 4.90 Å². The van der Waals surface area contributed by atoms with Gasteiger partial charge in [-0.05, 0) is 12.1 Å². The lowest BCUT2D eigenvalue weighted by molar-refractivity contribution is -0.140. The van der Waals surface area contributed by atoms with E-state index in [4.69, 9.17) is 0 Å². The molecule has 1 aliphatic heterocycles. The molecule has 0 amide bonds. The standard InChI is InChI=1S/C27H21N3O6/c1-36-24(33)10-12-30-11-9-22(31)18-13-20(23(32)14-21(18)30)29-28-19-8-4-7-17-25(19)27(35)16-6-3-2-5-15(16)26(17)34/h2-8,13-14,32H,9-12H2,1H3. The second kappa shape index (κ2) is 9.18. The largest absolute Gasteiger partial charge is 0.506 e. The van der Waals surface area contributed by atoms with Gasteiger partial charge in [0, 0.05) is 47.8 Å². The molecule has 0 bridgehead atoms. The van der Waals surface area contributed by atoms with Crippen molar-refractivity contribution in [2.75, 3.05) is 25.1 Å². The van der Waals surface area contributed by atoms with E-state index in [1.165, 1.54) is 19.2 Å². The lowest BCUT2D eigenvalue weighted by atomic mass is 9.83. The quantitative estimate of drug-likeness (QED) is 0.326. The van der Waals surface area contributed by atoms with Crippen LogP contribution in [-0.2, 0) is 9.53 Å². The fraction of sp³-hybridized carbons (Fsp3) is 0.185. The molecule has 5 rings (SSSR count). The Labute approximate surface area is 206 Å². The number of methoxy groups -OCH3 is 1. The maximum atomic E-state index is 13.2. The number of phenolic OH excluding ortho intramolecular Hbond substituents is 1. The summed E-state index contributed by atoms with van der Waals surface area (Å²) in [6, 6.07) is 14.2. The van der Waals surface area contributed by atoms with Crippen LogP contribution in [0.4, 0.5) is 17.1 Å². The Kier molecular flexibility index (Phi) is 5.89. The molecule has 9 heteroatoms. The molecule has 0 atom stereocenters. The number of ether oxygens (including phenoxy) is 1. The minimum Gasteiger partial charge on any atom is -0.506 e. The van der Waals surface area contributed by atoms with E-state index in [1.807, 2.05) is 4.90 Å². The van der Waals surface area contributed by atoms with Crippen LogP contribution in [0.3, 0.4) is 0 Å². The number of benzene rings is 3. The Morgan fingerprint density at radius 2 is 1.61 bits per heavy atom. The third kappa shape index (κ3) is 3.94. The monoisotopic (exact) mass is 483 g/mol. The summed E-state index contributed by atoms with van der Waals surface area (Å²) in [7, 11) is 1.31. The maximum Gasteiger partial charge on any atom is 0.307 e. The van der Waals surface area contributed by atoms with Gasteiger partial charge in [0.2, 0.25) is 0 Å². The van der Waals surface area contributed by atoms with E-state index >= 15 is 0 Å². The summed E-state index contributed by atoms with van der Waals surface area (Å²) in [5.41, 5.74) is 2.11. The Hall–Kier alpha value is -4.66. The van der Waals surface area contributed by atoms with E-state index in [2.05, 4.69) is 15.0 Å². The molecule has 1 N–H and O–H groups in total. The van der Waals surface area contributed by atoms with Gasteiger partial charge in [-0.2, -0.15) is 0 Å². The van der Waals surface area contributed by atoms with E-state index in [1.54, 1.807) is 42.5 Å². The van der Waals surface area contributed by atoms with Crippen LogP contribution in [0.2, 0.25) is 0 Å². The van der Waals surface area contributed by atoms with E-state index < -0.39 is 0 Å². The molecule has 1 heterocycles. The topological polar surface area (TPSA) is 126 Å². The highest BCUT2D eigenvalue weighted by Crippen LogP contribution is 2.39. The minimum absolute atomic E-state index is 0.0458. The molecule has 3 aromatic rings. The number of hydrogen-bond acceptors (Lipinski definition) is 9. The third-order valence-corrected chi connectivity index (χ3v) is 6.35. The second-order valence-electron chi connectivity index (χ2n) is 8.45. The first-order chi connectivity index (χ1) is 17.4. The summed E-state index contributed by atoms with van der Waals surface area (Å²) in [6.45, 7) is 0.748. The average Bonchev–Trinajstić information content (AvgIpc) is 2.90. The lowest BCUT2D eigenvalue weighted by Crippen LogP contribution is -2.33. The maximum absolute atomic E-state index is 13.2. The molecular formula is C27H21N3O6. The van der Waals surface area contributed by atoms with Gasteiger partial charge in [0.15, 0.2) is 17.3 Å². The smallest absolute Gasteiger partial charge is 0.307 e. The van der Waals surface area contributed by atoms with Crippen molar-refractivity contribution in [1.82, 2.24) is 0 Å². The fourth-order valence-electron chi connectivity index (χ4n) is 4.50. The Balaban J connectivity index is 1.49. The zero-order valence-corrected chi connectivity index (χ0v) is 19.4. The van der Waals surface area contributed by atoms with Gasteiger partial charge < -0.3 is 14.7 Å². The molecule has 0 radical (unpaired) electrons. The van der Waals surface area contributed by atoms with Crippen molar-refractivity contribution in [1.29, 1.82) is 0 Å². The Morgan fingerprint density at radius 3 is 2.36 bits per heavy atom. The number of Topliss-reactive ketones (excluding diaryl/α,β-unsaturated/α-hetero) is 1. The molecule has 180 valence electrons. The van der Waals surface area contributed by atoms with Gasteiger partial charge in [-0.15, -0.1) is 10.2 Å². The second-order valence-corrected chi connectivity index (χ2v) is 8.45. The van der Waals surface area contributed by atoms with E-state index in [9.17, 15) is 24.3 Å². The van der Waals surface area contributed by atoms with Crippen molar-refractivity contribution < 1.29 is 29.0 Å². The number of esters is 1. The van der Waals surface area contributed by atoms with Crippen LogP contribution in [0, 0.1) is 0 Å². The summed E-state index contributed by atoms with van der Waals surface area (Å²) in [5.74, 6) is -1.31. The molecular weight excluding hydrogens is 462 g/mol. The van der Waals surface area contributed by atoms with Gasteiger partial charge in [-0.25, -0.2) is 0 Å². The molecule has 0 unspecified atom stereocenters. The SMILES string of the molecule is COC(=O)CCN1CCC(=O)c2cc(N=Nc3cccc4c3C(=O)c3ccccc3C4=O)c(O)cc21. The third-order valence-electron chi connectivity index (χ3n) is 6.35. The first-order valence-corrected chi connectivity index (χ1v) is 11.3. The highest BCUT2D eigenvalue weighted by molar-refractivity contribution is 6.29. The van der Waals surface area contributed by atoms with Gasteiger partial charge in [0.25, 0.3) is 0 Å². The number of ketones is 3. The molecule has 0 fully saturated rings. The van der Waals surface area contributed by atoms with Crippen molar-refractivity contribution >= 4 is 40.4 Å². The van der Waals surface area contributed by atoms with Gasteiger partial charge in [-0.3, -0.25) is 19.2 Å². The van der Waals surface area contributed by atoms with Crippen molar-refractivity contribution in [3.8, 4) is 5.75 Å². The van der Waals surface area contributed by atoms with Crippen LogP contribution in [0.15, 0.2) is 64.8 Å². The molecule has 2 aliphatic rings. The van der Waals surface area contributed by atoms with Crippen LogP contribution in [0.1, 0.15) is 55.0 Å². The van der Waals surface area contributed by atoms with E-state index in [0.717, 1.165) is 0 Å². The van der Waals surface area contributed by atoms with Crippen molar-refractivity contribution in [3.05, 3.63) is 82.4 Å². The van der Waals surface area contributed by atoms with Gasteiger partial charge in [0.1, 0.15) is 11.4 Å². The molecule has 3 aromatic carbocycles. The highest BCUT2D eigenvalue weighted by atomic mass is 16.5. The minimum atomic E-state index is -0.370. The number of azo groups is 1. The van der Waals surface area contributed by atoms with Crippen LogP contribution in [0.25, 0.3) is 0 Å². The predicted octanol–water partition coefficient (Wildman–Crippen LogP) is 4.54. The number of hydrogen-bond donors (Lipinski definition) is 1. The molecule has 1 aliphatic carbocycles. The summed E-state index contributed by atoms with van der Waals surface area (Å²) < 4.78 is 4.69. The number of fused-ring (bicyclic) bond motifs is 3. The number of aromatic hydroxyl groups is 1. The zero-order chi connectivity index (χ0) is 25.4. The normalized spacial score (nSPS) is 14.5. The summed E-state index contributed by atoms with van der Waals surface area (Å²) >= 11 is 0. The Bertz CT molecular complexity index is 1480. The van der Waals surface area contributed by atoms with Crippen LogP contribution >= 0.6 is 0 Å². The summed E-state index contributed by atoms with van der Waals surface area (Å²) in [4.78, 5) is 52.1. The molecule has 9 nitrogen and oxygen atoms in total. The zero-order valence-electron chi connectivity index (χ0n) is 19.4. The van der Waals surface area contributed by atoms with E-state index in [-0.39, 0.29) is 64.4 Å². The van der Waals surface area contributed by atoms with Gasteiger partial charge >= 0.3 is 5.97 Å². The first-order valence-electron chi connectivity index (χ1n) is 11.3. The average molecular weight is 483 g/mol. The molecule has 0 saturated heterocycles. The number of carbonyl (C=O) groups excluding carboxylic acids is 4. The first kappa shape index (κ1) is 23.1. The number of anilines is 1. The van der Waals surface area contributed by atoms with E-state index in [0.29, 0.717) is 35.5 Å². The number of rotatable bonds is 5. The Morgan fingerprint density at radius 1 is 0.917 bits per heavy atom. The highest BCUT2D eigenvalue weighted by Gasteiger charge is 2.31. The van der Waals surface area contributed by atoms with Gasteiger partial charge in [0.05, 0.1) is 30.5 Å². The summed E-state index contributed by atoms with van der Waals surface area (Å²) in [6.07, 6.45) is 0.388. The lowest BCUT2D eigenvalue weighted by Gasteiger charge is -2.30.